The number of ether oxygens (including phenoxy) is 1. The van der Waals surface area contributed by atoms with Crippen LogP contribution in [-0.2, 0) is 6.54 Å². The minimum atomic E-state index is 0.548. The molecule has 2 aromatic carbocycles. The normalized spacial score (nSPS) is 11.0. The van der Waals surface area contributed by atoms with Gasteiger partial charge in [-0.15, -0.1) is 10.2 Å². The molecule has 4 rings (SSSR count). The predicted molar refractivity (Wildman–Crippen MR) is 119 cm³/mol. The third-order valence-corrected chi connectivity index (χ3v) is 5.77. The maximum atomic E-state index is 6.03. The monoisotopic (exact) mass is 489 g/mol. The second kappa shape index (κ2) is 9.52. The summed E-state index contributed by atoms with van der Waals surface area (Å²) in [5.41, 5.74) is 0.950. The maximum absolute atomic E-state index is 6.03. The zero-order chi connectivity index (χ0) is 20.1. The number of hydrogen-bond acceptors (Lipinski definition) is 5. The number of furan rings is 1. The fraction of sp³-hybridized carbons (Fsp3) is 0.143. The number of aromatic nitrogens is 3. The summed E-state index contributed by atoms with van der Waals surface area (Å²) in [5, 5.41) is 10.3. The van der Waals surface area contributed by atoms with Crippen molar-refractivity contribution < 1.29 is 9.15 Å². The van der Waals surface area contributed by atoms with Crippen molar-refractivity contribution in [3.05, 3.63) is 82.2 Å². The van der Waals surface area contributed by atoms with Crippen molar-refractivity contribution in [2.75, 3.05) is 12.4 Å². The van der Waals surface area contributed by atoms with E-state index in [4.69, 9.17) is 20.8 Å². The summed E-state index contributed by atoms with van der Waals surface area (Å²) in [5.74, 6) is 3.18. The largest absolute Gasteiger partial charge is 0.493 e. The van der Waals surface area contributed by atoms with Crippen LogP contribution in [0.3, 0.4) is 0 Å². The summed E-state index contributed by atoms with van der Waals surface area (Å²) >= 11 is 11.1. The molecule has 5 nitrogen and oxygen atoms in total. The Hall–Kier alpha value is -2.22. The highest BCUT2D eigenvalue weighted by Gasteiger charge is 2.16. The smallest absolute Gasteiger partial charge is 0.192 e. The van der Waals surface area contributed by atoms with Crippen LogP contribution < -0.4 is 4.74 Å². The van der Waals surface area contributed by atoms with Gasteiger partial charge < -0.3 is 9.15 Å². The maximum Gasteiger partial charge on any atom is 0.192 e. The van der Waals surface area contributed by atoms with Gasteiger partial charge in [0.1, 0.15) is 11.5 Å². The highest BCUT2D eigenvalue weighted by molar-refractivity contribution is 9.10. The van der Waals surface area contributed by atoms with Crippen LogP contribution in [0.4, 0.5) is 0 Å². The Morgan fingerprint density at radius 3 is 2.69 bits per heavy atom. The van der Waals surface area contributed by atoms with E-state index in [9.17, 15) is 0 Å². The molecule has 0 spiro atoms. The SMILES string of the molecule is Clc1ccc(-c2nnc(SCCOc3cccc(Br)c3)n2Cc2ccco2)cc1. The van der Waals surface area contributed by atoms with Gasteiger partial charge in [0.05, 0.1) is 19.4 Å². The average molecular weight is 491 g/mol. The number of hydrogen-bond donors (Lipinski definition) is 0. The Labute approximate surface area is 186 Å². The van der Waals surface area contributed by atoms with Crippen molar-refractivity contribution in [1.82, 2.24) is 14.8 Å². The molecule has 0 amide bonds. The highest BCUT2D eigenvalue weighted by Crippen LogP contribution is 2.26. The average Bonchev–Trinajstić information content (AvgIpc) is 3.37. The molecule has 4 aromatic rings. The minimum Gasteiger partial charge on any atom is -0.493 e. The summed E-state index contributed by atoms with van der Waals surface area (Å²) in [4.78, 5) is 0. The van der Waals surface area contributed by atoms with Gasteiger partial charge in [-0.2, -0.15) is 0 Å². The Balaban J connectivity index is 1.49. The van der Waals surface area contributed by atoms with E-state index in [1.54, 1.807) is 18.0 Å². The van der Waals surface area contributed by atoms with Crippen LogP contribution in [0.15, 0.2) is 81.0 Å². The third kappa shape index (κ3) is 5.23. The Bertz CT molecular complexity index is 1070. The summed E-state index contributed by atoms with van der Waals surface area (Å²) in [7, 11) is 0. The molecule has 0 atom stereocenters. The van der Waals surface area contributed by atoms with Gasteiger partial charge in [0.25, 0.3) is 0 Å². The standard InChI is InChI=1S/C21H17BrClN3O2S/c22-16-3-1-4-18(13-16)28-11-12-29-21-25-24-20(15-6-8-17(23)9-7-15)26(21)14-19-5-2-10-27-19/h1-10,13H,11-12,14H2. The van der Waals surface area contributed by atoms with E-state index in [-0.39, 0.29) is 0 Å². The number of thioether (sulfide) groups is 1. The zero-order valence-electron chi connectivity index (χ0n) is 15.3. The second-order valence-electron chi connectivity index (χ2n) is 6.13. The number of halogens is 2. The van der Waals surface area contributed by atoms with Crippen LogP contribution in [0.1, 0.15) is 5.76 Å². The first-order chi connectivity index (χ1) is 14.2. The lowest BCUT2D eigenvalue weighted by Crippen LogP contribution is -2.05. The van der Waals surface area contributed by atoms with Gasteiger partial charge in [-0.05, 0) is 54.6 Å². The zero-order valence-corrected chi connectivity index (χ0v) is 18.5. The highest BCUT2D eigenvalue weighted by atomic mass is 79.9. The second-order valence-corrected chi connectivity index (χ2v) is 8.55. The summed E-state index contributed by atoms with van der Waals surface area (Å²) < 4.78 is 14.4. The summed E-state index contributed by atoms with van der Waals surface area (Å²) in [6, 6.07) is 19.2. The fourth-order valence-electron chi connectivity index (χ4n) is 2.76. The number of nitrogens with zero attached hydrogens (tertiary/aromatic N) is 3. The first-order valence-corrected chi connectivity index (χ1v) is 11.1. The molecule has 0 aliphatic carbocycles. The molecule has 0 bridgehead atoms. The van der Waals surface area contributed by atoms with E-state index in [0.29, 0.717) is 18.2 Å². The fourth-order valence-corrected chi connectivity index (χ4v) is 4.02. The number of rotatable bonds is 8. The lowest BCUT2D eigenvalue weighted by Gasteiger charge is -2.10. The van der Waals surface area contributed by atoms with Crippen molar-refractivity contribution in [3.8, 4) is 17.1 Å². The lowest BCUT2D eigenvalue weighted by atomic mass is 10.2. The van der Waals surface area contributed by atoms with Gasteiger partial charge in [0.2, 0.25) is 0 Å². The predicted octanol–water partition coefficient (Wildman–Crippen LogP) is 6.17. The van der Waals surface area contributed by atoms with Gasteiger partial charge in [-0.25, -0.2) is 0 Å². The molecular weight excluding hydrogens is 474 g/mol. The summed E-state index contributed by atoms with van der Waals surface area (Å²) in [6.07, 6.45) is 1.67. The Kier molecular flexibility index (Phi) is 6.59. The quantitative estimate of drug-likeness (QED) is 0.218. The van der Waals surface area contributed by atoms with Crippen LogP contribution in [0.5, 0.6) is 5.75 Å². The van der Waals surface area contributed by atoms with Crippen molar-refractivity contribution in [1.29, 1.82) is 0 Å². The molecule has 29 heavy (non-hydrogen) atoms. The van der Waals surface area contributed by atoms with Gasteiger partial charge in [-0.1, -0.05) is 45.4 Å². The molecular formula is C21H17BrClN3O2S. The van der Waals surface area contributed by atoms with Crippen LogP contribution in [0.25, 0.3) is 11.4 Å². The first-order valence-electron chi connectivity index (χ1n) is 8.92. The molecule has 0 fully saturated rings. The van der Waals surface area contributed by atoms with E-state index in [1.807, 2.05) is 65.2 Å². The molecule has 0 N–H and O–H groups in total. The molecule has 0 saturated carbocycles. The van der Waals surface area contributed by atoms with Crippen molar-refractivity contribution in [3.63, 3.8) is 0 Å². The Morgan fingerprint density at radius 2 is 1.93 bits per heavy atom. The van der Waals surface area contributed by atoms with E-state index in [0.717, 1.165) is 38.3 Å². The van der Waals surface area contributed by atoms with E-state index >= 15 is 0 Å². The topological polar surface area (TPSA) is 53.1 Å². The lowest BCUT2D eigenvalue weighted by molar-refractivity contribution is 0.343. The molecule has 0 aliphatic heterocycles. The van der Waals surface area contributed by atoms with Crippen LogP contribution in [0, 0.1) is 0 Å². The molecule has 148 valence electrons. The van der Waals surface area contributed by atoms with Gasteiger partial charge in [0, 0.05) is 20.8 Å². The van der Waals surface area contributed by atoms with Gasteiger partial charge >= 0.3 is 0 Å². The Morgan fingerprint density at radius 1 is 1.07 bits per heavy atom. The van der Waals surface area contributed by atoms with E-state index in [1.165, 1.54) is 0 Å². The van der Waals surface area contributed by atoms with Crippen molar-refractivity contribution in [2.24, 2.45) is 0 Å². The van der Waals surface area contributed by atoms with Crippen LogP contribution in [-0.4, -0.2) is 27.1 Å². The molecule has 0 unspecified atom stereocenters. The summed E-state index contributed by atoms with van der Waals surface area (Å²) in [6.45, 7) is 1.11. The molecule has 0 saturated heterocycles. The van der Waals surface area contributed by atoms with Gasteiger partial charge in [0.15, 0.2) is 11.0 Å². The van der Waals surface area contributed by atoms with Crippen LogP contribution >= 0.6 is 39.3 Å². The van der Waals surface area contributed by atoms with E-state index in [2.05, 4.69) is 26.1 Å². The molecule has 0 aliphatic rings. The van der Waals surface area contributed by atoms with Crippen molar-refractivity contribution in [2.45, 2.75) is 11.7 Å². The minimum absolute atomic E-state index is 0.548. The van der Waals surface area contributed by atoms with E-state index < -0.39 is 0 Å². The van der Waals surface area contributed by atoms with Gasteiger partial charge in [-0.3, -0.25) is 4.57 Å². The molecule has 2 aromatic heterocycles. The first kappa shape index (κ1) is 20.1. The van der Waals surface area contributed by atoms with Crippen molar-refractivity contribution >= 4 is 39.3 Å². The number of benzene rings is 2. The molecule has 8 heteroatoms. The van der Waals surface area contributed by atoms with Crippen LogP contribution in [0.2, 0.25) is 5.02 Å². The molecule has 0 radical (unpaired) electrons. The molecule has 2 heterocycles. The third-order valence-electron chi connectivity index (χ3n) is 4.09.